The van der Waals surface area contributed by atoms with Crippen LogP contribution < -0.4 is 10.1 Å². The van der Waals surface area contributed by atoms with Crippen molar-refractivity contribution in [2.45, 2.75) is 37.6 Å². The van der Waals surface area contributed by atoms with Gasteiger partial charge in [0, 0.05) is 16.5 Å². The molecular formula is C20H20BrNO2. The number of rotatable bonds is 3. The van der Waals surface area contributed by atoms with Crippen molar-refractivity contribution in [3.63, 3.8) is 0 Å². The topological polar surface area (TPSA) is 38.3 Å². The Hall–Kier alpha value is -1.81. The van der Waals surface area contributed by atoms with Crippen LogP contribution in [0.3, 0.4) is 0 Å². The van der Waals surface area contributed by atoms with Gasteiger partial charge in [0.15, 0.2) is 0 Å². The van der Waals surface area contributed by atoms with Crippen molar-refractivity contribution in [1.29, 1.82) is 0 Å². The smallest absolute Gasteiger partial charge is 0.231 e. The van der Waals surface area contributed by atoms with Gasteiger partial charge in [-0.1, -0.05) is 45.8 Å². The Kier molecular flexibility index (Phi) is 3.87. The number of fused-ring (bicyclic) bond motifs is 1. The van der Waals surface area contributed by atoms with E-state index in [-0.39, 0.29) is 17.4 Å². The number of amides is 1. The molecule has 1 fully saturated rings. The summed E-state index contributed by atoms with van der Waals surface area (Å²) in [4.78, 5) is 13.0. The van der Waals surface area contributed by atoms with E-state index in [2.05, 4.69) is 46.4 Å². The van der Waals surface area contributed by atoms with Crippen molar-refractivity contribution in [2.75, 3.05) is 6.61 Å². The molecule has 4 rings (SSSR count). The largest absolute Gasteiger partial charge is 0.493 e. The lowest BCUT2D eigenvalue weighted by Crippen LogP contribution is -2.39. The lowest BCUT2D eigenvalue weighted by Gasteiger charge is -2.28. The zero-order chi connectivity index (χ0) is 16.7. The van der Waals surface area contributed by atoms with E-state index in [4.69, 9.17) is 4.74 Å². The first kappa shape index (κ1) is 15.7. The Bertz CT molecular complexity index is 798. The maximum Gasteiger partial charge on any atom is 0.231 e. The molecule has 0 spiro atoms. The van der Waals surface area contributed by atoms with Crippen LogP contribution in [0.5, 0.6) is 5.75 Å². The van der Waals surface area contributed by atoms with Crippen LogP contribution in [0.4, 0.5) is 0 Å². The van der Waals surface area contributed by atoms with Crippen molar-refractivity contribution in [3.05, 3.63) is 63.6 Å². The summed E-state index contributed by atoms with van der Waals surface area (Å²) in [6.45, 7) is 2.71. The van der Waals surface area contributed by atoms with E-state index in [1.807, 2.05) is 24.3 Å². The lowest BCUT2D eigenvalue weighted by molar-refractivity contribution is -0.124. The summed E-state index contributed by atoms with van der Waals surface area (Å²) in [6, 6.07) is 14.3. The van der Waals surface area contributed by atoms with Crippen LogP contribution in [0, 0.1) is 6.92 Å². The molecule has 1 unspecified atom stereocenters. The average molecular weight is 386 g/mol. The molecule has 1 aliphatic carbocycles. The first-order chi connectivity index (χ1) is 11.6. The average Bonchev–Trinajstić information content (AvgIpc) is 3.37. The number of ether oxygens (including phenoxy) is 1. The second-order valence-corrected chi connectivity index (χ2v) is 7.71. The van der Waals surface area contributed by atoms with Gasteiger partial charge in [-0.05, 0) is 43.5 Å². The zero-order valence-electron chi connectivity index (χ0n) is 13.6. The fourth-order valence-electron chi connectivity index (χ4n) is 3.53. The van der Waals surface area contributed by atoms with E-state index in [0.717, 1.165) is 40.6 Å². The molecule has 1 aliphatic heterocycles. The third kappa shape index (κ3) is 2.73. The first-order valence-corrected chi connectivity index (χ1v) is 9.18. The highest BCUT2D eigenvalue weighted by molar-refractivity contribution is 9.10. The molecule has 1 saturated carbocycles. The van der Waals surface area contributed by atoms with Crippen molar-refractivity contribution < 1.29 is 9.53 Å². The van der Waals surface area contributed by atoms with Gasteiger partial charge in [0.1, 0.15) is 5.75 Å². The van der Waals surface area contributed by atoms with Crippen molar-refractivity contribution >= 4 is 21.8 Å². The van der Waals surface area contributed by atoms with Gasteiger partial charge >= 0.3 is 0 Å². The molecule has 0 bridgehead atoms. The Balaban J connectivity index is 1.59. The molecule has 24 heavy (non-hydrogen) atoms. The molecule has 1 atom stereocenters. The van der Waals surface area contributed by atoms with Crippen LogP contribution in [-0.4, -0.2) is 12.5 Å². The van der Waals surface area contributed by atoms with Crippen LogP contribution in [0.2, 0.25) is 0 Å². The molecule has 2 aromatic rings. The number of carbonyl (C=O) groups excluding carboxylic acids is 1. The van der Waals surface area contributed by atoms with Gasteiger partial charge in [0.25, 0.3) is 0 Å². The Labute approximate surface area is 150 Å². The molecule has 4 heteroatoms. The highest BCUT2D eigenvalue weighted by Gasteiger charge is 2.51. The highest BCUT2D eigenvalue weighted by Crippen LogP contribution is 2.49. The highest BCUT2D eigenvalue weighted by atomic mass is 79.9. The van der Waals surface area contributed by atoms with Gasteiger partial charge in [0.05, 0.1) is 18.1 Å². The standard InChI is InChI=1S/C20H20BrNO2/c1-13-3-2-4-14(11-13)20(8-9-20)19(23)22-17-7-10-24-18-6-5-15(21)12-16(17)18/h2-6,11-12,17H,7-10H2,1H3,(H,22,23). The minimum absolute atomic E-state index is 0.0148. The summed E-state index contributed by atoms with van der Waals surface area (Å²) in [5.74, 6) is 1.01. The minimum Gasteiger partial charge on any atom is -0.493 e. The predicted octanol–water partition coefficient (Wildman–Crippen LogP) is 4.43. The quantitative estimate of drug-likeness (QED) is 0.848. The SMILES string of the molecule is Cc1cccc(C2(C(=O)NC3CCOc4ccc(Br)cc43)CC2)c1. The number of hydrogen-bond acceptors (Lipinski definition) is 2. The molecule has 0 saturated heterocycles. The molecular weight excluding hydrogens is 366 g/mol. The summed E-state index contributed by atoms with van der Waals surface area (Å²) in [5.41, 5.74) is 3.06. The molecule has 0 aromatic heterocycles. The number of nitrogens with one attached hydrogen (secondary N) is 1. The van der Waals surface area contributed by atoms with Crippen LogP contribution in [0.1, 0.15) is 42.0 Å². The fourth-order valence-corrected chi connectivity index (χ4v) is 3.90. The van der Waals surface area contributed by atoms with Crippen LogP contribution in [-0.2, 0) is 10.2 Å². The number of aryl methyl sites for hydroxylation is 1. The molecule has 1 N–H and O–H groups in total. The molecule has 1 amide bonds. The van der Waals surface area contributed by atoms with Gasteiger partial charge in [-0.3, -0.25) is 4.79 Å². The molecule has 2 aliphatic rings. The normalized spacial score (nSPS) is 20.7. The van der Waals surface area contributed by atoms with Crippen molar-refractivity contribution in [3.8, 4) is 5.75 Å². The second kappa shape index (κ2) is 5.92. The molecule has 3 nitrogen and oxygen atoms in total. The van der Waals surface area contributed by atoms with Crippen LogP contribution in [0.15, 0.2) is 46.9 Å². The third-order valence-electron chi connectivity index (χ3n) is 5.07. The molecule has 0 radical (unpaired) electrons. The van der Waals surface area contributed by atoms with Crippen LogP contribution >= 0.6 is 15.9 Å². The van der Waals surface area contributed by atoms with E-state index in [9.17, 15) is 4.79 Å². The molecule has 124 valence electrons. The first-order valence-electron chi connectivity index (χ1n) is 8.39. The summed E-state index contributed by atoms with van der Waals surface area (Å²) in [5, 5.41) is 3.28. The summed E-state index contributed by atoms with van der Waals surface area (Å²) in [6.07, 6.45) is 2.66. The third-order valence-corrected chi connectivity index (χ3v) is 5.57. The Morgan fingerprint density at radius 2 is 2.08 bits per heavy atom. The van der Waals surface area contributed by atoms with E-state index in [1.54, 1.807) is 0 Å². The molecule has 2 aromatic carbocycles. The number of hydrogen-bond donors (Lipinski definition) is 1. The Morgan fingerprint density at radius 1 is 1.25 bits per heavy atom. The number of carbonyl (C=O) groups is 1. The second-order valence-electron chi connectivity index (χ2n) is 6.80. The minimum atomic E-state index is -0.337. The van der Waals surface area contributed by atoms with E-state index >= 15 is 0 Å². The summed E-state index contributed by atoms with van der Waals surface area (Å²) in [7, 11) is 0. The maximum absolute atomic E-state index is 13.0. The summed E-state index contributed by atoms with van der Waals surface area (Å²) >= 11 is 3.51. The fraction of sp³-hybridized carbons (Fsp3) is 0.350. The lowest BCUT2D eigenvalue weighted by atomic mass is 9.92. The van der Waals surface area contributed by atoms with Gasteiger partial charge in [-0.2, -0.15) is 0 Å². The molecule has 1 heterocycles. The van der Waals surface area contributed by atoms with Gasteiger partial charge in [-0.25, -0.2) is 0 Å². The number of benzene rings is 2. The number of halogens is 1. The van der Waals surface area contributed by atoms with Gasteiger partial charge in [-0.15, -0.1) is 0 Å². The van der Waals surface area contributed by atoms with E-state index < -0.39 is 0 Å². The predicted molar refractivity (Wildman–Crippen MR) is 97.2 cm³/mol. The summed E-state index contributed by atoms with van der Waals surface area (Å²) < 4.78 is 6.73. The van der Waals surface area contributed by atoms with E-state index in [1.165, 1.54) is 5.56 Å². The van der Waals surface area contributed by atoms with Crippen molar-refractivity contribution in [1.82, 2.24) is 5.32 Å². The maximum atomic E-state index is 13.0. The van der Waals surface area contributed by atoms with Crippen LogP contribution in [0.25, 0.3) is 0 Å². The zero-order valence-corrected chi connectivity index (χ0v) is 15.2. The van der Waals surface area contributed by atoms with Crippen molar-refractivity contribution in [2.24, 2.45) is 0 Å². The monoisotopic (exact) mass is 385 g/mol. The van der Waals surface area contributed by atoms with Gasteiger partial charge < -0.3 is 10.1 Å². The van der Waals surface area contributed by atoms with E-state index in [0.29, 0.717) is 6.61 Å². The van der Waals surface area contributed by atoms with Gasteiger partial charge in [0.2, 0.25) is 5.91 Å². The Morgan fingerprint density at radius 3 is 2.83 bits per heavy atom.